The largest absolute Gasteiger partial charge is 0.334 e. The van der Waals surface area contributed by atoms with Crippen LogP contribution in [-0.2, 0) is 17.8 Å². The second-order valence-corrected chi connectivity index (χ2v) is 5.49. The number of aromatic nitrogens is 2. The molecule has 5 heteroatoms. The molecule has 1 aliphatic rings. The van der Waals surface area contributed by atoms with E-state index in [4.69, 9.17) is 11.6 Å². The molecule has 3 rings (SSSR count). The van der Waals surface area contributed by atoms with Crippen molar-refractivity contribution in [3.63, 3.8) is 0 Å². The Morgan fingerprint density at radius 2 is 2.33 bits per heavy atom. The van der Waals surface area contributed by atoms with Crippen LogP contribution in [0.4, 0.5) is 0 Å². The monoisotopic (exact) mass is 301 g/mol. The first kappa shape index (κ1) is 13.9. The number of H-pyrrole nitrogens is 1. The van der Waals surface area contributed by atoms with E-state index in [2.05, 4.69) is 10.2 Å². The summed E-state index contributed by atoms with van der Waals surface area (Å²) < 4.78 is 0. The van der Waals surface area contributed by atoms with Crippen molar-refractivity contribution in [3.8, 4) is 11.3 Å². The van der Waals surface area contributed by atoms with E-state index in [1.807, 2.05) is 36.1 Å². The van der Waals surface area contributed by atoms with Gasteiger partial charge in [0.2, 0.25) is 5.91 Å². The Bertz CT molecular complexity index is 705. The molecule has 1 aromatic carbocycles. The Morgan fingerprint density at radius 1 is 1.48 bits per heavy atom. The highest BCUT2D eigenvalue weighted by Gasteiger charge is 2.24. The lowest BCUT2D eigenvalue weighted by Crippen LogP contribution is -2.34. The van der Waals surface area contributed by atoms with Crippen molar-refractivity contribution in [1.29, 1.82) is 0 Å². The van der Waals surface area contributed by atoms with E-state index < -0.39 is 0 Å². The van der Waals surface area contributed by atoms with Gasteiger partial charge in [0, 0.05) is 41.4 Å². The van der Waals surface area contributed by atoms with Crippen molar-refractivity contribution in [3.05, 3.63) is 52.7 Å². The number of hydrogen-bond acceptors (Lipinski definition) is 2. The van der Waals surface area contributed by atoms with Crippen LogP contribution in [0.1, 0.15) is 18.2 Å². The summed E-state index contributed by atoms with van der Waals surface area (Å²) >= 11 is 6.05. The summed E-state index contributed by atoms with van der Waals surface area (Å²) in [5.74, 6) is 0.0430. The molecule has 0 aliphatic carbocycles. The third-order valence-electron chi connectivity index (χ3n) is 3.65. The molecule has 1 aliphatic heterocycles. The first-order valence-corrected chi connectivity index (χ1v) is 7.30. The third kappa shape index (κ3) is 2.72. The number of rotatable bonds is 2. The number of amides is 1. The van der Waals surface area contributed by atoms with E-state index in [0.717, 1.165) is 28.9 Å². The van der Waals surface area contributed by atoms with Gasteiger partial charge in [-0.15, -0.1) is 0 Å². The first-order valence-electron chi connectivity index (χ1n) is 6.92. The molecule has 1 amide bonds. The van der Waals surface area contributed by atoms with Crippen molar-refractivity contribution >= 4 is 17.5 Å². The van der Waals surface area contributed by atoms with Gasteiger partial charge in [-0.2, -0.15) is 5.10 Å². The maximum absolute atomic E-state index is 12.0. The molecule has 2 heterocycles. The molecule has 0 atom stereocenters. The van der Waals surface area contributed by atoms with Gasteiger partial charge in [0.1, 0.15) is 0 Å². The zero-order valence-corrected chi connectivity index (χ0v) is 12.5. The molecule has 0 saturated heterocycles. The number of nitrogens with zero attached hydrogens (tertiary/aromatic N) is 2. The Balaban J connectivity index is 1.94. The average molecular weight is 302 g/mol. The average Bonchev–Trinajstić information content (AvgIpc) is 2.90. The van der Waals surface area contributed by atoms with Gasteiger partial charge in [-0.05, 0) is 25.1 Å². The number of hydrogen-bond donors (Lipinski definition) is 1. The Kier molecular flexibility index (Phi) is 3.80. The van der Waals surface area contributed by atoms with Gasteiger partial charge in [0.15, 0.2) is 0 Å². The second-order valence-electron chi connectivity index (χ2n) is 5.05. The van der Waals surface area contributed by atoms with E-state index in [-0.39, 0.29) is 5.91 Å². The molecule has 1 N–H and O–H groups in total. The van der Waals surface area contributed by atoms with Crippen LogP contribution < -0.4 is 0 Å². The van der Waals surface area contributed by atoms with Crippen LogP contribution in [0.25, 0.3) is 11.3 Å². The molecule has 108 valence electrons. The van der Waals surface area contributed by atoms with Crippen LogP contribution in [0.5, 0.6) is 0 Å². The van der Waals surface area contributed by atoms with Crippen LogP contribution in [0.2, 0.25) is 5.02 Å². The lowest BCUT2D eigenvalue weighted by atomic mass is 10.0. The minimum absolute atomic E-state index is 0.0430. The molecule has 0 bridgehead atoms. The molecule has 0 spiro atoms. The normalized spacial score (nSPS) is 14.5. The minimum Gasteiger partial charge on any atom is -0.334 e. The zero-order valence-electron chi connectivity index (χ0n) is 11.8. The maximum Gasteiger partial charge on any atom is 0.246 e. The van der Waals surface area contributed by atoms with E-state index in [1.54, 1.807) is 12.2 Å². The highest BCUT2D eigenvalue weighted by Crippen LogP contribution is 2.29. The fraction of sp³-hybridized carbons (Fsp3) is 0.250. The van der Waals surface area contributed by atoms with Gasteiger partial charge in [-0.3, -0.25) is 9.89 Å². The molecule has 0 saturated carbocycles. The van der Waals surface area contributed by atoms with Gasteiger partial charge in [-0.25, -0.2) is 0 Å². The van der Waals surface area contributed by atoms with Crippen molar-refractivity contribution in [1.82, 2.24) is 15.1 Å². The van der Waals surface area contributed by atoms with E-state index in [1.165, 1.54) is 0 Å². The van der Waals surface area contributed by atoms with Crippen LogP contribution in [0.15, 0.2) is 36.4 Å². The van der Waals surface area contributed by atoms with Crippen LogP contribution >= 0.6 is 11.6 Å². The number of benzene rings is 1. The summed E-state index contributed by atoms with van der Waals surface area (Å²) in [6, 6.07) is 7.62. The number of fused-ring (bicyclic) bond motifs is 1. The van der Waals surface area contributed by atoms with Gasteiger partial charge >= 0.3 is 0 Å². The highest BCUT2D eigenvalue weighted by atomic mass is 35.5. The molecular weight excluding hydrogens is 286 g/mol. The maximum atomic E-state index is 12.0. The van der Waals surface area contributed by atoms with Crippen LogP contribution in [0.3, 0.4) is 0 Å². The number of aromatic amines is 1. The van der Waals surface area contributed by atoms with Gasteiger partial charge in [0.05, 0.1) is 5.69 Å². The second kappa shape index (κ2) is 5.74. The Hall–Kier alpha value is -2.07. The van der Waals surface area contributed by atoms with Gasteiger partial charge < -0.3 is 4.90 Å². The summed E-state index contributed by atoms with van der Waals surface area (Å²) in [5.41, 5.74) is 4.04. The smallest absolute Gasteiger partial charge is 0.246 e. The lowest BCUT2D eigenvalue weighted by molar-refractivity contribution is -0.126. The molecule has 2 aromatic rings. The van der Waals surface area contributed by atoms with Crippen LogP contribution in [-0.4, -0.2) is 27.5 Å². The van der Waals surface area contributed by atoms with Crippen molar-refractivity contribution in [2.24, 2.45) is 0 Å². The summed E-state index contributed by atoms with van der Waals surface area (Å²) in [6.07, 6.45) is 4.17. The van der Waals surface area contributed by atoms with Crippen molar-refractivity contribution < 1.29 is 4.79 Å². The zero-order chi connectivity index (χ0) is 14.8. The highest BCUT2D eigenvalue weighted by molar-refractivity contribution is 6.30. The first-order chi connectivity index (χ1) is 10.2. The Morgan fingerprint density at radius 3 is 3.10 bits per heavy atom. The number of carbonyl (C=O) groups excluding carboxylic acids is 1. The van der Waals surface area contributed by atoms with Crippen molar-refractivity contribution in [2.75, 3.05) is 6.54 Å². The number of allylic oxidation sites excluding steroid dienone is 1. The molecule has 0 radical (unpaired) electrons. The molecule has 1 aromatic heterocycles. The number of carbonyl (C=O) groups is 1. The molecule has 21 heavy (non-hydrogen) atoms. The van der Waals surface area contributed by atoms with E-state index >= 15 is 0 Å². The summed E-state index contributed by atoms with van der Waals surface area (Å²) in [5, 5.41) is 8.18. The molecular formula is C16H16ClN3O. The fourth-order valence-corrected chi connectivity index (χ4v) is 2.80. The summed E-state index contributed by atoms with van der Waals surface area (Å²) in [4.78, 5) is 13.9. The van der Waals surface area contributed by atoms with E-state index in [9.17, 15) is 4.79 Å². The molecule has 0 unspecified atom stereocenters. The molecule has 4 nitrogen and oxygen atoms in total. The van der Waals surface area contributed by atoms with E-state index in [0.29, 0.717) is 18.1 Å². The third-order valence-corrected chi connectivity index (χ3v) is 3.89. The standard InChI is InChI=1S/C16H16ClN3O/c1-2-4-15(21)20-8-7-14-13(10-20)16(19-18-14)11-5-3-6-12(17)9-11/h2-6,9H,7-8,10H2,1H3,(H,18,19)/b4-2+. The summed E-state index contributed by atoms with van der Waals surface area (Å²) in [7, 11) is 0. The molecule has 0 fully saturated rings. The lowest BCUT2D eigenvalue weighted by Gasteiger charge is -2.26. The number of halogens is 1. The quantitative estimate of drug-likeness (QED) is 0.866. The predicted octanol–water partition coefficient (Wildman–Crippen LogP) is 3.19. The fourth-order valence-electron chi connectivity index (χ4n) is 2.61. The number of nitrogens with one attached hydrogen (secondary N) is 1. The van der Waals surface area contributed by atoms with Gasteiger partial charge in [-0.1, -0.05) is 29.8 Å². The van der Waals surface area contributed by atoms with Crippen molar-refractivity contribution in [2.45, 2.75) is 19.9 Å². The predicted molar refractivity (Wildman–Crippen MR) is 83.0 cm³/mol. The van der Waals surface area contributed by atoms with Crippen LogP contribution in [0, 0.1) is 0 Å². The van der Waals surface area contributed by atoms with Gasteiger partial charge in [0.25, 0.3) is 0 Å². The topological polar surface area (TPSA) is 49.0 Å². The SMILES string of the molecule is C/C=C/C(=O)N1CCc2[nH]nc(-c3cccc(Cl)c3)c2C1. The summed E-state index contributed by atoms with van der Waals surface area (Å²) in [6.45, 7) is 3.15. The Labute approximate surface area is 128 Å². The minimum atomic E-state index is 0.0430.